The Kier molecular flexibility index (Phi) is 7.23. The number of thiol groups is 4. The molecule has 0 bridgehead atoms. The van der Waals surface area contributed by atoms with Crippen LogP contribution in [0.5, 0.6) is 0 Å². The van der Waals surface area contributed by atoms with Gasteiger partial charge in [-0.1, -0.05) is 0 Å². The summed E-state index contributed by atoms with van der Waals surface area (Å²) < 4.78 is 10.4. The van der Waals surface area contributed by atoms with Gasteiger partial charge in [0.05, 0.1) is 0 Å². The van der Waals surface area contributed by atoms with Crippen LogP contribution >= 0.6 is 51.3 Å². The van der Waals surface area contributed by atoms with Crippen molar-refractivity contribution in [2.24, 2.45) is 0 Å². The van der Waals surface area contributed by atoms with Crippen LogP contribution in [-0.4, -0.2) is 32.8 Å². The van der Waals surface area contributed by atoms with E-state index in [1.165, 1.54) is 0 Å². The lowest BCUT2D eigenvalue weighted by Gasteiger charge is -2.10. The van der Waals surface area contributed by atoms with Crippen LogP contribution < -0.4 is 0 Å². The highest BCUT2D eigenvalue weighted by atomic mass is 32.2. The van der Waals surface area contributed by atoms with Gasteiger partial charge in [0, 0.05) is 0 Å². The molecule has 0 aliphatic rings. The Bertz CT molecular complexity index is 190. The second-order valence-electron chi connectivity index (χ2n) is 1.81. The van der Waals surface area contributed by atoms with E-state index in [-0.39, 0.29) is 13.2 Å². The van der Waals surface area contributed by atoms with Gasteiger partial charge in [0.1, 0.15) is 13.2 Å². The molecule has 0 aliphatic heterocycles. The van der Waals surface area contributed by atoms with E-state index in [1.807, 2.05) is 0 Å². The lowest BCUT2D eigenvalue weighted by atomic mass is 10.8. The minimum absolute atomic E-state index is 0.0996. The van der Waals surface area contributed by atoms with Crippen molar-refractivity contribution in [2.45, 2.75) is 0 Å². The van der Waals surface area contributed by atoms with Gasteiger partial charge >= 0.3 is 12.2 Å². The molecule has 0 atom stereocenters. The fourth-order valence-electron chi connectivity index (χ4n) is 0.373. The Balaban J connectivity index is 3.48. The van der Waals surface area contributed by atoms with Crippen LogP contribution in [0.15, 0.2) is 0 Å². The van der Waals surface area contributed by atoms with Crippen molar-refractivity contribution in [1.29, 1.82) is 0 Å². The molecule has 14 heavy (non-hydrogen) atoms. The number of hydrogen-bond donors (Lipinski definition) is 4. The Hall–Kier alpha value is -0.0600. The maximum Gasteiger partial charge on any atom is 0.430 e. The van der Waals surface area contributed by atoms with Crippen molar-refractivity contribution in [2.75, 3.05) is 13.2 Å². The van der Waals surface area contributed by atoms with E-state index in [1.54, 1.807) is 0 Å². The van der Waals surface area contributed by atoms with Gasteiger partial charge in [-0.05, 0) is 51.3 Å². The summed E-state index contributed by atoms with van der Waals surface area (Å²) in [6, 6.07) is 0. The topological polar surface area (TPSA) is 59.1 Å². The van der Waals surface area contributed by atoms with Gasteiger partial charge in [-0.3, -0.25) is 0 Å². The maximum atomic E-state index is 10.7. The standard InChI is InChI=1S/C4H8N2O4S4/c7-3(5(11)12)9-1-2-10-4(8)6(13)14/h11-14H,1-2H2. The molecular weight excluding hydrogens is 268 g/mol. The molecule has 0 N–H and O–H groups in total. The molecule has 0 radical (unpaired) electrons. The van der Waals surface area contributed by atoms with Gasteiger partial charge < -0.3 is 9.47 Å². The van der Waals surface area contributed by atoms with Gasteiger partial charge in [0.2, 0.25) is 0 Å². The van der Waals surface area contributed by atoms with Crippen LogP contribution in [-0.2, 0) is 9.47 Å². The molecule has 0 saturated carbocycles. The summed E-state index contributed by atoms with van der Waals surface area (Å²) in [6.07, 6.45) is -1.53. The lowest BCUT2D eigenvalue weighted by molar-refractivity contribution is 0.0922. The first-order chi connectivity index (χ1) is 6.45. The van der Waals surface area contributed by atoms with Crippen LogP contribution in [0.1, 0.15) is 0 Å². The van der Waals surface area contributed by atoms with Crippen molar-refractivity contribution < 1.29 is 19.1 Å². The van der Waals surface area contributed by atoms with Gasteiger partial charge in [0.15, 0.2) is 0 Å². The average molecular weight is 276 g/mol. The molecule has 6 nitrogen and oxygen atoms in total. The summed E-state index contributed by atoms with van der Waals surface area (Å²) in [4.78, 5) is 21.4. The lowest BCUT2D eigenvalue weighted by Crippen LogP contribution is -2.20. The zero-order valence-electron chi connectivity index (χ0n) is 6.73. The van der Waals surface area contributed by atoms with Crippen LogP contribution in [0, 0.1) is 0 Å². The smallest absolute Gasteiger partial charge is 0.430 e. The zero-order chi connectivity index (χ0) is 11.1. The Morgan fingerprint density at radius 2 is 1.14 bits per heavy atom. The van der Waals surface area contributed by atoms with Gasteiger partial charge in [-0.2, -0.15) is 7.42 Å². The highest BCUT2D eigenvalue weighted by Crippen LogP contribution is 2.02. The number of nitrogens with zero attached hydrogens (tertiary/aromatic N) is 2. The maximum absolute atomic E-state index is 10.7. The van der Waals surface area contributed by atoms with E-state index >= 15 is 0 Å². The molecule has 0 saturated heterocycles. The molecule has 0 unspecified atom stereocenters. The van der Waals surface area contributed by atoms with E-state index in [2.05, 4.69) is 60.7 Å². The largest absolute Gasteiger partial charge is 0.445 e. The normalized spacial score (nSPS) is 9.14. The molecule has 0 aromatic rings. The fraction of sp³-hybridized carbons (Fsp3) is 0.500. The zero-order valence-corrected chi connectivity index (χ0v) is 10.3. The summed E-state index contributed by atoms with van der Waals surface area (Å²) >= 11 is 14.2. The highest BCUT2D eigenvalue weighted by molar-refractivity contribution is 7.94. The Morgan fingerprint density at radius 3 is 1.36 bits per heavy atom. The quantitative estimate of drug-likeness (QED) is 0.463. The van der Waals surface area contributed by atoms with E-state index < -0.39 is 12.2 Å². The molecule has 0 aromatic heterocycles. The summed E-state index contributed by atoms with van der Waals surface area (Å²) in [5, 5.41) is 0. The minimum Gasteiger partial charge on any atom is -0.445 e. The van der Waals surface area contributed by atoms with Crippen molar-refractivity contribution in [3.05, 3.63) is 0 Å². The average Bonchev–Trinajstić information content (AvgIpc) is 2.11. The number of rotatable bonds is 3. The third kappa shape index (κ3) is 6.40. The summed E-state index contributed by atoms with van der Waals surface area (Å²) in [7, 11) is 0. The van der Waals surface area contributed by atoms with Crippen molar-refractivity contribution in [3.63, 3.8) is 0 Å². The highest BCUT2D eigenvalue weighted by Gasteiger charge is 2.09. The van der Waals surface area contributed by atoms with Crippen LogP contribution in [0.4, 0.5) is 9.59 Å². The Morgan fingerprint density at radius 1 is 0.857 bits per heavy atom. The number of amides is 2. The number of ether oxygens (including phenoxy) is 2. The number of carbonyl (C=O) groups excluding carboxylic acids is 2. The number of hydrogen-bond acceptors (Lipinski definition) is 8. The minimum atomic E-state index is -0.763. The van der Waals surface area contributed by atoms with Crippen LogP contribution in [0.25, 0.3) is 0 Å². The third-order valence-corrected chi connectivity index (χ3v) is 1.51. The van der Waals surface area contributed by atoms with E-state index in [4.69, 9.17) is 0 Å². The van der Waals surface area contributed by atoms with Gasteiger partial charge in [-0.25, -0.2) is 9.59 Å². The molecule has 0 aromatic carbocycles. The molecule has 0 rings (SSSR count). The fourth-order valence-corrected chi connectivity index (χ4v) is 0.604. The predicted octanol–water partition coefficient (Wildman–Crippen LogP) is 1.24. The predicted molar refractivity (Wildman–Crippen MR) is 62.3 cm³/mol. The second kappa shape index (κ2) is 7.26. The van der Waals surface area contributed by atoms with Crippen molar-refractivity contribution in [3.8, 4) is 0 Å². The van der Waals surface area contributed by atoms with E-state index in [9.17, 15) is 9.59 Å². The Labute approximate surface area is 103 Å². The van der Waals surface area contributed by atoms with Crippen molar-refractivity contribution >= 4 is 63.4 Å². The first-order valence-electron chi connectivity index (χ1n) is 3.14. The second-order valence-corrected chi connectivity index (χ2v) is 4.04. The molecular formula is C4H8N2O4S4. The molecule has 0 heterocycles. The monoisotopic (exact) mass is 276 g/mol. The molecule has 0 fully saturated rings. The summed E-state index contributed by atoms with van der Waals surface area (Å²) in [5.41, 5.74) is 0. The SMILES string of the molecule is O=C(OCCOC(=O)N(S)S)N(S)S. The first kappa shape index (κ1) is 13.9. The summed E-state index contributed by atoms with van der Waals surface area (Å²) in [5.74, 6) is 0. The molecule has 0 spiro atoms. The molecule has 82 valence electrons. The number of carbonyl (C=O) groups is 2. The van der Waals surface area contributed by atoms with Crippen molar-refractivity contribution in [1.82, 2.24) is 7.42 Å². The van der Waals surface area contributed by atoms with Gasteiger partial charge in [-0.15, -0.1) is 0 Å². The molecule has 10 heteroatoms. The van der Waals surface area contributed by atoms with E-state index in [0.29, 0.717) is 7.42 Å². The van der Waals surface area contributed by atoms with Crippen LogP contribution in [0.2, 0.25) is 0 Å². The third-order valence-electron chi connectivity index (χ3n) is 0.861. The van der Waals surface area contributed by atoms with Crippen LogP contribution in [0.3, 0.4) is 0 Å². The van der Waals surface area contributed by atoms with Gasteiger partial charge in [0.25, 0.3) is 0 Å². The molecule has 0 aliphatic carbocycles. The first-order valence-corrected chi connectivity index (χ1v) is 4.74. The molecule has 2 amide bonds. The summed E-state index contributed by atoms with van der Waals surface area (Å²) in [6.45, 7) is -0.199. The van der Waals surface area contributed by atoms with E-state index in [0.717, 1.165) is 0 Å².